The quantitative estimate of drug-likeness (QED) is 0.0681. The Kier molecular flexibility index (Phi) is 10.7. The number of fused-ring (bicyclic) bond motifs is 2. The summed E-state index contributed by atoms with van der Waals surface area (Å²) < 4.78 is 41.1. The van der Waals surface area contributed by atoms with Crippen LogP contribution >= 0.6 is 0 Å². The number of pyridine rings is 1. The van der Waals surface area contributed by atoms with Crippen LogP contribution in [0.4, 0.5) is 17.1 Å². The van der Waals surface area contributed by atoms with Crippen molar-refractivity contribution in [3.05, 3.63) is 112 Å². The highest BCUT2D eigenvalue weighted by Crippen LogP contribution is 2.46. The van der Waals surface area contributed by atoms with Crippen molar-refractivity contribution in [1.29, 1.82) is 0 Å². The van der Waals surface area contributed by atoms with Gasteiger partial charge in [0.2, 0.25) is 0 Å². The number of H-pyrrole nitrogens is 1. The van der Waals surface area contributed by atoms with Crippen molar-refractivity contribution in [2.75, 3.05) is 56.2 Å². The molecule has 308 valence electrons. The Morgan fingerprint density at radius 1 is 1.00 bits per heavy atom. The van der Waals surface area contributed by atoms with Gasteiger partial charge in [0.25, 0.3) is 21.6 Å². The number of likely N-dealkylation sites (tertiary alicyclic amines) is 1. The second kappa shape index (κ2) is 16.3. The number of benzene rings is 3. The molecule has 3 aromatic carbocycles. The van der Waals surface area contributed by atoms with Gasteiger partial charge < -0.3 is 24.7 Å². The first-order valence-corrected chi connectivity index (χ1v) is 22.1. The number of nitrogens with one attached hydrogen (secondary N) is 3. The van der Waals surface area contributed by atoms with E-state index in [4.69, 9.17) is 9.47 Å². The number of carbonyl (C=O) groups is 1. The topological polar surface area (TPSA) is 172 Å². The van der Waals surface area contributed by atoms with Crippen LogP contribution in [0.2, 0.25) is 0 Å². The van der Waals surface area contributed by atoms with Gasteiger partial charge in [-0.15, -0.1) is 0 Å². The maximum Gasteiger partial charge on any atom is 0.293 e. The molecule has 1 spiro atoms. The van der Waals surface area contributed by atoms with Crippen LogP contribution in [-0.4, -0.2) is 80.1 Å². The first-order chi connectivity index (χ1) is 28.6. The third-order valence-corrected chi connectivity index (χ3v) is 14.1. The fourth-order valence-electron chi connectivity index (χ4n) is 9.35. The lowest BCUT2D eigenvalue weighted by molar-refractivity contribution is -0.384. The van der Waals surface area contributed by atoms with Crippen LogP contribution in [0.25, 0.3) is 11.0 Å². The highest BCUT2D eigenvalue weighted by molar-refractivity contribution is 7.90. The molecule has 14 nitrogen and oxygen atoms in total. The lowest BCUT2D eigenvalue weighted by Crippen LogP contribution is -2.60. The number of hydrogen-bond donors (Lipinski definition) is 3. The Morgan fingerprint density at radius 3 is 2.63 bits per heavy atom. The smallest absolute Gasteiger partial charge is 0.293 e. The summed E-state index contributed by atoms with van der Waals surface area (Å²) in [6.45, 7) is 5.62. The lowest BCUT2D eigenvalue weighted by atomic mass is 9.71. The molecule has 5 heterocycles. The largest absolute Gasteiger partial charge is 0.455 e. The van der Waals surface area contributed by atoms with Gasteiger partial charge in [-0.1, -0.05) is 30.7 Å². The van der Waals surface area contributed by atoms with Crippen LogP contribution in [0.1, 0.15) is 72.5 Å². The zero-order chi connectivity index (χ0) is 40.6. The van der Waals surface area contributed by atoms with Crippen LogP contribution in [0.5, 0.6) is 11.5 Å². The average Bonchev–Trinajstić information content (AvgIpc) is 3.60. The van der Waals surface area contributed by atoms with Crippen LogP contribution in [0.3, 0.4) is 0 Å². The minimum atomic E-state index is -4.53. The van der Waals surface area contributed by atoms with E-state index >= 15 is 0 Å². The number of ether oxygens (including phenoxy) is 2. The average molecular weight is 820 g/mol. The number of nitro groups is 1. The molecule has 5 aromatic rings. The van der Waals surface area contributed by atoms with Gasteiger partial charge >= 0.3 is 0 Å². The summed E-state index contributed by atoms with van der Waals surface area (Å²) in [6.07, 6.45) is 12.0. The van der Waals surface area contributed by atoms with Crippen LogP contribution in [-0.2, 0) is 21.2 Å². The van der Waals surface area contributed by atoms with Crippen LogP contribution < -0.4 is 19.7 Å². The van der Waals surface area contributed by atoms with Gasteiger partial charge in [-0.05, 0) is 111 Å². The second-order valence-corrected chi connectivity index (χ2v) is 18.2. The molecule has 59 heavy (non-hydrogen) atoms. The van der Waals surface area contributed by atoms with Gasteiger partial charge in [0.15, 0.2) is 0 Å². The predicted molar refractivity (Wildman–Crippen MR) is 225 cm³/mol. The van der Waals surface area contributed by atoms with Crippen molar-refractivity contribution < 1.29 is 27.6 Å². The van der Waals surface area contributed by atoms with Crippen molar-refractivity contribution in [3.63, 3.8) is 0 Å². The molecule has 1 atom stereocenters. The molecule has 3 saturated heterocycles. The number of piperidine rings is 1. The zero-order valence-corrected chi connectivity index (χ0v) is 33.7. The van der Waals surface area contributed by atoms with E-state index < -0.39 is 31.4 Å². The van der Waals surface area contributed by atoms with Crippen molar-refractivity contribution in [1.82, 2.24) is 19.6 Å². The molecule has 9 rings (SSSR count). The van der Waals surface area contributed by atoms with E-state index in [2.05, 4.69) is 54.1 Å². The number of hydrogen-bond acceptors (Lipinski definition) is 11. The number of aryl methyl sites for hydroxylation is 1. The van der Waals surface area contributed by atoms with E-state index in [1.54, 1.807) is 30.6 Å². The Hall–Kier alpha value is -5.51. The summed E-state index contributed by atoms with van der Waals surface area (Å²) in [5.74, 6) is -0.115. The molecule has 4 aliphatic rings. The fourth-order valence-corrected chi connectivity index (χ4v) is 10.3. The number of aromatic amines is 1. The molecule has 3 fully saturated rings. The first-order valence-electron chi connectivity index (χ1n) is 20.6. The van der Waals surface area contributed by atoms with Crippen molar-refractivity contribution in [2.45, 2.75) is 62.3 Å². The van der Waals surface area contributed by atoms with E-state index in [1.807, 2.05) is 12.1 Å². The minimum Gasteiger partial charge on any atom is -0.455 e. The molecule has 0 bridgehead atoms. The number of amides is 1. The summed E-state index contributed by atoms with van der Waals surface area (Å²) >= 11 is 0. The van der Waals surface area contributed by atoms with Crippen molar-refractivity contribution in [2.24, 2.45) is 11.3 Å². The number of anilines is 2. The normalized spacial score (nSPS) is 19.7. The maximum absolute atomic E-state index is 13.9. The molecule has 2 aromatic heterocycles. The molecule has 15 heteroatoms. The number of rotatable bonds is 11. The highest BCUT2D eigenvalue weighted by atomic mass is 32.2. The Balaban J connectivity index is 0.915. The lowest BCUT2D eigenvalue weighted by Gasteiger charge is -2.56. The SMILES string of the molecule is O=C(NS(=O)(=O)c1ccc(NCC2CCOCC2)c([N+](=O)[O-])c1)c1ccc(N2CC3(CCN(C4CCCCc5ccccc54)CC3)C2)cc1Oc1cnc2[nH]ccc2c1. The van der Waals surface area contributed by atoms with Gasteiger partial charge in [-0.25, -0.2) is 18.1 Å². The van der Waals surface area contributed by atoms with E-state index in [1.165, 1.54) is 42.5 Å². The van der Waals surface area contributed by atoms with Gasteiger partial charge in [0.1, 0.15) is 22.8 Å². The number of nitrogens with zero attached hydrogens (tertiary/aromatic N) is 4. The van der Waals surface area contributed by atoms with Crippen LogP contribution in [0.15, 0.2) is 90.1 Å². The van der Waals surface area contributed by atoms with Crippen molar-refractivity contribution >= 4 is 44.0 Å². The van der Waals surface area contributed by atoms with E-state index in [0.717, 1.165) is 75.4 Å². The first kappa shape index (κ1) is 39.0. The number of nitro benzene ring substituents is 1. The molecule has 3 aliphatic heterocycles. The van der Waals surface area contributed by atoms with E-state index in [-0.39, 0.29) is 28.3 Å². The Morgan fingerprint density at radius 2 is 1.81 bits per heavy atom. The molecular formula is C44H49N7O7S. The zero-order valence-electron chi connectivity index (χ0n) is 32.9. The molecule has 0 radical (unpaired) electrons. The number of carbonyl (C=O) groups excluding carboxylic acids is 1. The summed E-state index contributed by atoms with van der Waals surface area (Å²) in [7, 11) is -4.53. The molecule has 0 saturated carbocycles. The number of aromatic nitrogens is 2. The third-order valence-electron chi connectivity index (χ3n) is 12.7. The van der Waals surface area contributed by atoms with Gasteiger partial charge in [-0.3, -0.25) is 19.8 Å². The monoisotopic (exact) mass is 819 g/mol. The van der Waals surface area contributed by atoms with Crippen LogP contribution in [0, 0.1) is 21.4 Å². The maximum atomic E-state index is 13.9. The molecule has 1 amide bonds. The van der Waals surface area contributed by atoms with E-state index in [9.17, 15) is 23.3 Å². The van der Waals surface area contributed by atoms with Crippen molar-refractivity contribution in [3.8, 4) is 11.5 Å². The van der Waals surface area contributed by atoms with Gasteiger partial charge in [-0.2, -0.15) is 0 Å². The fraction of sp³-hybridized carbons (Fsp3) is 0.409. The molecular weight excluding hydrogens is 771 g/mol. The molecule has 1 unspecified atom stereocenters. The van der Waals surface area contributed by atoms with Gasteiger partial charge in [0.05, 0.1) is 21.6 Å². The van der Waals surface area contributed by atoms with Gasteiger partial charge in [0, 0.05) is 73.7 Å². The molecule has 3 N–H and O–H groups in total. The summed E-state index contributed by atoms with van der Waals surface area (Å²) in [4.78, 5) is 37.4. The second-order valence-electron chi connectivity index (χ2n) is 16.5. The summed E-state index contributed by atoms with van der Waals surface area (Å²) in [5.41, 5.74) is 4.52. The summed E-state index contributed by atoms with van der Waals surface area (Å²) in [6, 6.07) is 21.8. The Labute approximate surface area is 343 Å². The summed E-state index contributed by atoms with van der Waals surface area (Å²) in [5, 5.41) is 16.0. The number of sulfonamides is 1. The Bertz CT molecular complexity index is 2470. The standard InChI is InChI=1S/C44H49N7O7S/c52-43(48-59(55,56)35-10-12-38(40(25-35)51(53)54)46-26-30-14-21-57-22-15-30)37-11-9-33(24-41(37)58-34-23-32-13-18-45-42(32)47-27-34)50-28-44(29-50)16-19-49(20-17-44)39-8-4-2-6-31-5-1-3-7-36(31)39/h1,3,5,7,9-13,18,23-25,27,30,39,46H,2,4,6,8,14-17,19-22,26,28-29H2,(H,45,47)(H,48,52). The highest BCUT2D eigenvalue weighted by Gasteiger charge is 2.46. The third kappa shape index (κ3) is 8.23. The minimum absolute atomic E-state index is 0.0111. The molecule has 1 aliphatic carbocycles. The predicted octanol–water partition coefficient (Wildman–Crippen LogP) is 7.59. The van der Waals surface area contributed by atoms with E-state index in [0.29, 0.717) is 37.2 Å².